The molecule has 0 radical (unpaired) electrons. The maximum absolute atomic E-state index is 2.62. The van der Waals surface area contributed by atoms with E-state index in [1.807, 2.05) is 0 Å². The second kappa shape index (κ2) is 4.61. The second-order valence-corrected chi connectivity index (χ2v) is 8.43. The Hall–Kier alpha value is -0.780. The smallest absolute Gasteiger partial charge is 0.00445 e. The van der Waals surface area contributed by atoms with Crippen molar-refractivity contribution in [2.45, 2.75) is 65.7 Å². The lowest BCUT2D eigenvalue weighted by Gasteiger charge is -2.55. The van der Waals surface area contributed by atoms with Crippen molar-refractivity contribution in [1.82, 2.24) is 0 Å². The van der Waals surface area contributed by atoms with Gasteiger partial charge in [-0.2, -0.15) is 0 Å². The molecule has 0 heterocycles. The summed E-state index contributed by atoms with van der Waals surface area (Å²) < 4.78 is 0. The molecule has 21 heavy (non-hydrogen) atoms. The number of hydrogen-bond donors (Lipinski definition) is 0. The van der Waals surface area contributed by atoms with Crippen molar-refractivity contribution >= 4 is 0 Å². The summed E-state index contributed by atoms with van der Waals surface area (Å²) in [5, 5.41) is 0. The predicted molar refractivity (Wildman–Crippen MR) is 90.0 cm³/mol. The summed E-state index contributed by atoms with van der Waals surface area (Å²) in [6.07, 6.45) is 19.9. The molecular weight excluding hydrogens is 252 g/mol. The summed E-state index contributed by atoms with van der Waals surface area (Å²) in [6.45, 7) is 7.40. The van der Waals surface area contributed by atoms with Crippen LogP contribution in [-0.4, -0.2) is 0 Å². The Morgan fingerprint density at radius 2 is 1.90 bits per heavy atom. The summed E-state index contributed by atoms with van der Waals surface area (Å²) in [5.74, 6) is 2.64. The first-order chi connectivity index (χ1) is 10.1. The van der Waals surface area contributed by atoms with Crippen molar-refractivity contribution in [2.24, 2.45) is 28.6 Å². The summed E-state index contributed by atoms with van der Waals surface area (Å²) in [4.78, 5) is 0. The van der Waals surface area contributed by atoms with E-state index in [1.54, 1.807) is 11.1 Å². The van der Waals surface area contributed by atoms with E-state index in [0.29, 0.717) is 10.8 Å². The highest BCUT2D eigenvalue weighted by molar-refractivity contribution is 5.36. The molecule has 0 aromatic carbocycles. The standard InChI is InChI=1S/C21H30/c1-4-15-9-11-18-17-10-8-16-7-5-6-13-20(16,2)19(17)12-14-21(15,18)3/h4,7-8,10,17-19H,5-6,9,11-14H2,1-3H3/t17-,18-,19-,20-,21+/m0/s1. The van der Waals surface area contributed by atoms with E-state index in [1.165, 1.54) is 44.9 Å². The van der Waals surface area contributed by atoms with E-state index in [0.717, 1.165) is 17.8 Å². The summed E-state index contributed by atoms with van der Waals surface area (Å²) in [6, 6.07) is 0. The first kappa shape index (κ1) is 13.9. The van der Waals surface area contributed by atoms with E-state index in [9.17, 15) is 0 Å². The largest absolute Gasteiger partial charge is 0.0879 e. The zero-order chi connectivity index (χ0) is 14.7. The Kier molecular flexibility index (Phi) is 3.04. The molecule has 5 atom stereocenters. The van der Waals surface area contributed by atoms with Crippen LogP contribution in [0, 0.1) is 28.6 Å². The fourth-order valence-electron chi connectivity index (χ4n) is 6.51. The zero-order valence-corrected chi connectivity index (χ0v) is 14.0. The highest BCUT2D eigenvalue weighted by atomic mass is 14.6. The van der Waals surface area contributed by atoms with Gasteiger partial charge in [-0.3, -0.25) is 0 Å². The van der Waals surface area contributed by atoms with Crippen LogP contribution in [0.2, 0.25) is 0 Å². The van der Waals surface area contributed by atoms with Crippen molar-refractivity contribution in [1.29, 1.82) is 0 Å². The van der Waals surface area contributed by atoms with Gasteiger partial charge in [0.05, 0.1) is 0 Å². The molecule has 0 heteroatoms. The van der Waals surface area contributed by atoms with Gasteiger partial charge in [0.1, 0.15) is 0 Å². The Balaban J connectivity index is 1.75. The third-order valence-electron chi connectivity index (χ3n) is 7.77. The topological polar surface area (TPSA) is 0 Å². The molecule has 0 aromatic heterocycles. The lowest BCUT2D eigenvalue weighted by molar-refractivity contribution is 0.0184. The molecular formula is C21H30. The first-order valence-corrected chi connectivity index (χ1v) is 9.14. The summed E-state index contributed by atoms with van der Waals surface area (Å²) >= 11 is 0. The molecule has 4 rings (SSSR count). The quantitative estimate of drug-likeness (QED) is 0.474. The molecule has 0 spiro atoms. The van der Waals surface area contributed by atoms with Crippen LogP contribution in [0.5, 0.6) is 0 Å². The van der Waals surface area contributed by atoms with Gasteiger partial charge in [0.2, 0.25) is 0 Å². The second-order valence-electron chi connectivity index (χ2n) is 8.43. The van der Waals surface area contributed by atoms with Crippen LogP contribution in [0.3, 0.4) is 0 Å². The van der Waals surface area contributed by atoms with E-state index < -0.39 is 0 Å². The third kappa shape index (κ3) is 1.74. The molecule has 0 aliphatic heterocycles. The predicted octanol–water partition coefficient (Wildman–Crippen LogP) is 6.06. The molecule has 0 bridgehead atoms. The van der Waals surface area contributed by atoms with Crippen molar-refractivity contribution in [3.63, 3.8) is 0 Å². The number of rotatable bonds is 0. The minimum Gasteiger partial charge on any atom is -0.0879 e. The fraction of sp³-hybridized carbons (Fsp3) is 0.714. The van der Waals surface area contributed by atoms with Crippen molar-refractivity contribution in [3.05, 3.63) is 35.5 Å². The van der Waals surface area contributed by atoms with Crippen LogP contribution >= 0.6 is 0 Å². The SMILES string of the molecule is CC=C1CC[C@H]2[C@@H]3C=CC4=CCCC[C@]4(C)[C@H]3CC[C@]12C. The maximum Gasteiger partial charge on any atom is -0.00445 e. The first-order valence-electron chi connectivity index (χ1n) is 9.14. The van der Waals surface area contributed by atoms with Crippen molar-refractivity contribution in [2.75, 3.05) is 0 Å². The van der Waals surface area contributed by atoms with Gasteiger partial charge in [-0.1, -0.05) is 43.7 Å². The van der Waals surface area contributed by atoms with Gasteiger partial charge in [0.25, 0.3) is 0 Å². The van der Waals surface area contributed by atoms with Crippen LogP contribution in [0.1, 0.15) is 65.7 Å². The molecule has 0 nitrogen and oxygen atoms in total. The molecule has 0 N–H and O–H groups in total. The van der Waals surface area contributed by atoms with Crippen LogP contribution < -0.4 is 0 Å². The van der Waals surface area contributed by atoms with Crippen LogP contribution in [0.25, 0.3) is 0 Å². The molecule has 0 amide bonds. The molecule has 4 aliphatic rings. The fourth-order valence-corrected chi connectivity index (χ4v) is 6.51. The highest BCUT2D eigenvalue weighted by Gasteiger charge is 2.55. The average molecular weight is 282 g/mol. The Labute approximate surface area is 130 Å². The van der Waals surface area contributed by atoms with Crippen LogP contribution in [0.15, 0.2) is 35.5 Å². The summed E-state index contributed by atoms with van der Waals surface area (Å²) in [7, 11) is 0. The highest BCUT2D eigenvalue weighted by Crippen LogP contribution is 2.64. The lowest BCUT2D eigenvalue weighted by atomic mass is 9.49. The van der Waals surface area contributed by atoms with Gasteiger partial charge in [-0.15, -0.1) is 0 Å². The number of hydrogen-bond acceptors (Lipinski definition) is 0. The molecule has 114 valence electrons. The van der Waals surface area contributed by atoms with Crippen LogP contribution in [0.4, 0.5) is 0 Å². The Bertz CT molecular complexity index is 534. The van der Waals surface area contributed by atoms with Gasteiger partial charge in [0, 0.05) is 0 Å². The molecule has 2 fully saturated rings. The van der Waals surface area contributed by atoms with E-state index in [2.05, 4.69) is 45.1 Å². The average Bonchev–Trinajstić information content (AvgIpc) is 2.83. The third-order valence-corrected chi connectivity index (χ3v) is 7.77. The van der Waals surface area contributed by atoms with E-state index >= 15 is 0 Å². The van der Waals surface area contributed by atoms with Gasteiger partial charge >= 0.3 is 0 Å². The molecule has 0 unspecified atom stereocenters. The monoisotopic (exact) mass is 282 g/mol. The Morgan fingerprint density at radius 1 is 1.10 bits per heavy atom. The maximum atomic E-state index is 2.62. The molecule has 4 aliphatic carbocycles. The lowest BCUT2D eigenvalue weighted by Crippen LogP contribution is -2.47. The minimum absolute atomic E-state index is 0.484. The van der Waals surface area contributed by atoms with Crippen molar-refractivity contribution < 1.29 is 0 Å². The number of fused-ring (bicyclic) bond motifs is 5. The van der Waals surface area contributed by atoms with Gasteiger partial charge in [0.15, 0.2) is 0 Å². The molecule has 0 saturated heterocycles. The summed E-state index contributed by atoms with van der Waals surface area (Å²) in [5.41, 5.74) is 4.42. The van der Waals surface area contributed by atoms with Gasteiger partial charge < -0.3 is 0 Å². The van der Waals surface area contributed by atoms with Gasteiger partial charge in [-0.05, 0) is 86.0 Å². The molecule has 2 saturated carbocycles. The minimum atomic E-state index is 0.484. The van der Waals surface area contributed by atoms with E-state index in [4.69, 9.17) is 0 Å². The van der Waals surface area contributed by atoms with E-state index in [-0.39, 0.29) is 0 Å². The zero-order valence-electron chi connectivity index (χ0n) is 14.0. The molecule has 0 aromatic rings. The normalized spacial score (nSPS) is 50.3. The Morgan fingerprint density at radius 3 is 2.71 bits per heavy atom. The van der Waals surface area contributed by atoms with Crippen molar-refractivity contribution in [3.8, 4) is 0 Å². The number of allylic oxidation sites excluding steroid dienone is 6. The van der Waals surface area contributed by atoms with Crippen LogP contribution in [-0.2, 0) is 0 Å². The van der Waals surface area contributed by atoms with Gasteiger partial charge in [-0.25, -0.2) is 0 Å².